The van der Waals surface area contributed by atoms with Crippen molar-refractivity contribution in [2.45, 2.75) is 149 Å². The first-order chi connectivity index (χ1) is 22.3. The van der Waals surface area contributed by atoms with Crippen molar-refractivity contribution in [3.05, 3.63) is 0 Å². The molecule has 0 aromatic heterocycles. The van der Waals surface area contributed by atoms with E-state index in [1.807, 2.05) is 0 Å². The lowest BCUT2D eigenvalue weighted by molar-refractivity contribution is -0.145. The maximum atomic E-state index is 11.7. The van der Waals surface area contributed by atoms with Gasteiger partial charge in [0.25, 0.3) is 0 Å². The van der Waals surface area contributed by atoms with Crippen molar-refractivity contribution < 1.29 is 38.0 Å². The van der Waals surface area contributed by atoms with Gasteiger partial charge in [-0.1, -0.05) is 129 Å². The predicted molar refractivity (Wildman–Crippen MR) is 184 cm³/mol. The van der Waals surface area contributed by atoms with Crippen LogP contribution in [0.3, 0.4) is 0 Å². The molecule has 0 amide bonds. The van der Waals surface area contributed by atoms with Crippen LogP contribution in [0.15, 0.2) is 0 Å². The lowest BCUT2D eigenvalue weighted by Gasteiger charge is -2.08. The molecule has 0 atom stereocenters. The molecule has 0 fully saturated rings. The van der Waals surface area contributed by atoms with Gasteiger partial charge in [0.15, 0.2) is 0 Å². The smallest absolute Gasteiger partial charge is 0.305 e. The molecule has 0 radical (unpaired) electrons. The maximum absolute atomic E-state index is 11.7. The van der Waals surface area contributed by atoms with Gasteiger partial charge in [0.2, 0.25) is 0 Å². The highest BCUT2D eigenvalue weighted by atomic mass is 16.6. The Morgan fingerprint density at radius 1 is 0.311 bits per heavy atom. The summed E-state index contributed by atoms with van der Waals surface area (Å²) in [4.78, 5) is 11.7. The van der Waals surface area contributed by atoms with Crippen molar-refractivity contribution >= 4 is 5.97 Å². The molecule has 0 aliphatic carbocycles. The van der Waals surface area contributed by atoms with Crippen LogP contribution in [0.1, 0.15) is 149 Å². The molecule has 0 unspecified atom stereocenters. The van der Waals surface area contributed by atoms with Crippen LogP contribution >= 0.6 is 0 Å². The summed E-state index contributed by atoms with van der Waals surface area (Å²) in [5.41, 5.74) is 0. The number of ether oxygens (including phenoxy) is 7. The van der Waals surface area contributed by atoms with Gasteiger partial charge < -0.3 is 33.2 Å². The molecule has 0 N–H and O–H groups in total. The van der Waals surface area contributed by atoms with Crippen molar-refractivity contribution in [2.24, 2.45) is 0 Å². The van der Waals surface area contributed by atoms with E-state index in [0.29, 0.717) is 85.7 Å². The van der Waals surface area contributed by atoms with E-state index in [1.165, 1.54) is 109 Å². The molecule has 0 aromatic carbocycles. The molecule has 0 saturated heterocycles. The van der Waals surface area contributed by atoms with E-state index in [-0.39, 0.29) is 5.97 Å². The average Bonchev–Trinajstić information content (AvgIpc) is 3.05. The molecule has 0 aromatic rings. The summed E-state index contributed by atoms with van der Waals surface area (Å²) in [5.74, 6) is -0.128. The third-order valence-corrected chi connectivity index (χ3v) is 7.73. The fourth-order valence-electron chi connectivity index (χ4n) is 4.94. The number of carbonyl (C=O) groups excluding carboxylic acids is 1. The van der Waals surface area contributed by atoms with Crippen LogP contribution < -0.4 is 0 Å². The zero-order valence-electron chi connectivity index (χ0n) is 29.8. The van der Waals surface area contributed by atoms with Crippen molar-refractivity contribution in [3.8, 4) is 0 Å². The number of unbranched alkanes of at least 4 members (excludes halogenated alkanes) is 18. The average molecular weight is 647 g/mol. The van der Waals surface area contributed by atoms with Gasteiger partial charge in [-0.25, -0.2) is 0 Å². The summed E-state index contributed by atoms with van der Waals surface area (Å²) >= 11 is 0. The highest BCUT2D eigenvalue weighted by Gasteiger charge is 2.03. The number of rotatable bonds is 40. The number of carbonyl (C=O) groups is 1. The van der Waals surface area contributed by atoms with Crippen molar-refractivity contribution in [3.63, 3.8) is 0 Å². The fourth-order valence-corrected chi connectivity index (χ4v) is 4.94. The number of hydrogen-bond donors (Lipinski definition) is 0. The lowest BCUT2D eigenvalue weighted by Crippen LogP contribution is -2.15. The summed E-state index contributed by atoms with van der Waals surface area (Å²) in [7, 11) is 0. The minimum atomic E-state index is -0.128. The second kappa shape index (κ2) is 41.3. The molecule has 0 heterocycles. The highest BCUT2D eigenvalue weighted by molar-refractivity contribution is 5.69. The molecule has 8 nitrogen and oxygen atoms in total. The second-order valence-corrected chi connectivity index (χ2v) is 12.0. The van der Waals surface area contributed by atoms with Gasteiger partial charge in [-0.2, -0.15) is 0 Å². The minimum Gasteiger partial charge on any atom is -0.463 e. The normalized spacial score (nSPS) is 11.4. The highest BCUT2D eigenvalue weighted by Crippen LogP contribution is 2.12. The van der Waals surface area contributed by atoms with E-state index in [9.17, 15) is 4.79 Å². The third-order valence-electron chi connectivity index (χ3n) is 7.73. The molecule has 0 saturated carbocycles. The zero-order valence-corrected chi connectivity index (χ0v) is 29.8. The van der Waals surface area contributed by atoms with E-state index in [4.69, 9.17) is 33.2 Å². The van der Waals surface area contributed by atoms with Crippen LogP contribution in [0.5, 0.6) is 0 Å². The predicted octanol–water partition coefficient (Wildman–Crippen LogP) is 8.86. The van der Waals surface area contributed by atoms with Gasteiger partial charge in [-0.15, -0.1) is 0 Å². The Kier molecular flexibility index (Phi) is 40.5. The summed E-state index contributed by atoms with van der Waals surface area (Å²) in [5, 5.41) is 0. The van der Waals surface area contributed by atoms with Gasteiger partial charge in [0, 0.05) is 13.0 Å². The van der Waals surface area contributed by atoms with Crippen molar-refractivity contribution in [2.75, 3.05) is 85.9 Å². The molecule has 0 rings (SSSR count). The standard InChI is InChI=1S/C37H74O8/c1-3-5-7-9-11-12-13-14-15-16-18-20-22-24-39-25-26-40-27-28-41-29-30-42-31-32-43-33-34-44-35-36-45-37(38)23-21-19-17-10-8-6-4-2/h3-36H2,1-2H3. The molecule has 8 heteroatoms. The molecule has 0 aliphatic rings. The Balaban J connectivity index is 3.09. The van der Waals surface area contributed by atoms with E-state index in [0.717, 1.165) is 25.9 Å². The second-order valence-electron chi connectivity index (χ2n) is 12.0. The summed E-state index contributed by atoms with van der Waals surface area (Å²) in [6.45, 7) is 11.5. The minimum absolute atomic E-state index is 0.128. The summed E-state index contributed by atoms with van der Waals surface area (Å²) in [6, 6.07) is 0. The van der Waals surface area contributed by atoms with E-state index >= 15 is 0 Å². The van der Waals surface area contributed by atoms with Crippen LogP contribution in [0.2, 0.25) is 0 Å². The van der Waals surface area contributed by atoms with E-state index in [1.54, 1.807) is 0 Å². The molecule has 45 heavy (non-hydrogen) atoms. The van der Waals surface area contributed by atoms with E-state index in [2.05, 4.69) is 13.8 Å². The van der Waals surface area contributed by atoms with Crippen LogP contribution in [-0.2, 0) is 38.0 Å². The first kappa shape index (κ1) is 44.2. The van der Waals surface area contributed by atoms with Crippen LogP contribution in [0, 0.1) is 0 Å². The molecule has 0 spiro atoms. The van der Waals surface area contributed by atoms with Crippen molar-refractivity contribution in [1.82, 2.24) is 0 Å². The first-order valence-electron chi connectivity index (χ1n) is 18.9. The van der Waals surface area contributed by atoms with Crippen LogP contribution in [0.4, 0.5) is 0 Å². The fraction of sp³-hybridized carbons (Fsp3) is 0.973. The quantitative estimate of drug-likeness (QED) is 0.0482. The Hall–Kier alpha value is -0.770. The molecular formula is C37H74O8. The van der Waals surface area contributed by atoms with Gasteiger partial charge >= 0.3 is 5.97 Å². The molecular weight excluding hydrogens is 572 g/mol. The SMILES string of the molecule is CCCCCCCCCCCCCCCOCCOCCOCCOCCOCCOCCOC(=O)CCCCCCCCC. The van der Waals surface area contributed by atoms with Crippen molar-refractivity contribution in [1.29, 1.82) is 0 Å². The zero-order chi connectivity index (χ0) is 32.6. The molecule has 0 aliphatic heterocycles. The summed E-state index contributed by atoms with van der Waals surface area (Å²) in [6.07, 6.45) is 26.7. The van der Waals surface area contributed by atoms with E-state index < -0.39 is 0 Å². The van der Waals surface area contributed by atoms with Crippen LogP contribution in [0.25, 0.3) is 0 Å². The number of hydrogen-bond acceptors (Lipinski definition) is 8. The maximum Gasteiger partial charge on any atom is 0.305 e. The Labute approximate surface area is 278 Å². The van der Waals surface area contributed by atoms with Gasteiger partial charge in [-0.3, -0.25) is 4.79 Å². The lowest BCUT2D eigenvalue weighted by atomic mass is 10.0. The van der Waals surface area contributed by atoms with Gasteiger partial charge in [0.05, 0.1) is 72.7 Å². The van der Waals surface area contributed by atoms with Gasteiger partial charge in [0.1, 0.15) is 6.61 Å². The first-order valence-corrected chi connectivity index (χ1v) is 18.9. The van der Waals surface area contributed by atoms with Crippen LogP contribution in [-0.4, -0.2) is 91.9 Å². The summed E-state index contributed by atoms with van der Waals surface area (Å²) < 4.78 is 38.4. The largest absolute Gasteiger partial charge is 0.463 e. The topological polar surface area (TPSA) is 81.7 Å². The third kappa shape index (κ3) is 41.2. The Bertz CT molecular complexity index is 549. The monoisotopic (exact) mass is 647 g/mol. The Morgan fingerprint density at radius 2 is 0.578 bits per heavy atom. The number of esters is 1. The Morgan fingerprint density at radius 3 is 0.933 bits per heavy atom. The molecule has 270 valence electrons. The van der Waals surface area contributed by atoms with Gasteiger partial charge in [-0.05, 0) is 12.8 Å². The molecule has 0 bridgehead atoms.